The smallest absolute Gasteiger partial charge is 0.261 e. The summed E-state index contributed by atoms with van der Waals surface area (Å²) in [6.45, 7) is 2.59. The molecule has 3 aromatic rings. The Kier molecular flexibility index (Phi) is 4.30. The van der Waals surface area contributed by atoms with Crippen LogP contribution in [0.2, 0.25) is 0 Å². The van der Waals surface area contributed by atoms with E-state index in [1.165, 1.54) is 16.9 Å². The van der Waals surface area contributed by atoms with Crippen LogP contribution in [0.3, 0.4) is 0 Å². The summed E-state index contributed by atoms with van der Waals surface area (Å²) in [7, 11) is 0. The Hall–Kier alpha value is -2.46. The van der Waals surface area contributed by atoms with Crippen LogP contribution in [0, 0.1) is 6.92 Å². The summed E-state index contributed by atoms with van der Waals surface area (Å²) in [5.41, 5.74) is 3.40. The van der Waals surface area contributed by atoms with Gasteiger partial charge in [-0.15, -0.1) is 11.3 Å². The molecule has 110 valence electrons. The predicted molar refractivity (Wildman–Crippen MR) is 89.9 cm³/mol. The second kappa shape index (κ2) is 6.54. The van der Waals surface area contributed by atoms with Crippen LogP contribution in [-0.2, 0) is 6.54 Å². The molecule has 0 saturated heterocycles. The summed E-state index contributed by atoms with van der Waals surface area (Å²) in [5.74, 6) is -0.0362. The Morgan fingerprint density at radius 2 is 1.77 bits per heavy atom. The van der Waals surface area contributed by atoms with Gasteiger partial charge < -0.3 is 5.32 Å². The minimum Gasteiger partial charge on any atom is -0.347 e. The summed E-state index contributed by atoms with van der Waals surface area (Å²) in [6, 6.07) is 15.9. The van der Waals surface area contributed by atoms with Crippen molar-refractivity contribution in [2.45, 2.75) is 13.5 Å². The van der Waals surface area contributed by atoms with Crippen molar-refractivity contribution in [3.63, 3.8) is 0 Å². The van der Waals surface area contributed by atoms with Crippen LogP contribution in [0.5, 0.6) is 0 Å². The van der Waals surface area contributed by atoms with Gasteiger partial charge in [0.25, 0.3) is 5.91 Å². The van der Waals surface area contributed by atoms with Crippen molar-refractivity contribution in [3.05, 3.63) is 76.9 Å². The van der Waals surface area contributed by atoms with Crippen LogP contribution in [0.1, 0.15) is 20.8 Å². The lowest BCUT2D eigenvalue weighted by Crippen LogP contribution is -2.21. The van der Waals surface area contributed by atoms with Crippen molar-refractivity contribution in [1.82, 2.24) is 10.3 Å². The number of rotatable bonds is 4. The highest BCUT2D eigenvalue weighted by molar-refractivity contribution is 7.17. The first kappa shape index (κ1) is 14.5. The first-order chi connectivity index (χ1) is 10.7. The largest absolute Gasteiger partial charge is 0.347 e. The molecular weight excluding hydrogens is 292 g/mol. The molecule has 0 unspecified atom stereocenters. The van der Waals surface area contributed by atoms with Crippen LogP contribution in [0.25, 0.3) is 10.4 Å². The molecule has 0 aliphatic heterocycles. The quantitative estimate of drug-likeness (QED) is 0.790. The van der Waals surface area contributed by atoms with Gasteiger partial charge in [0.15, 0.2) is 0 Å². The van der Waals surface area contributed by atoms with E-state index in [0.717, 1.165) is 20.9 Å². The zero-order chi connectivity index (χ0) is 15.4. The number of hydrogen-bond acceptors (Lipinski definition) is 3. The highest BCUT2D eigenvalue weighted by Crippen LogP contribution is 2.27. The molecule has 3 rings (SSSR count). The Morgan fingerprint density at radius 1 is 1.05 bits per heavy atom. The van der Waals surface area contributed by atoms with Crippen LogP contribution in [0.15, 0.2) is 60.9 Å². The van der Waals surface area contributed by atoms with E-state index >= 15 is 0 Å². The van der Waals surface area contributed by atoms with Gasteiger partial charge in [-0.05, 0) is 42.3 Å². The standard InChI is InChI=1S/C18H16N2OS/c1-13-2-4-14(5-3-13)12-20-18(21)17-7-6-16(22-17)15-8-10-19-11-9-15/h2-11H,12H2,1H3,(H,20,21). The maximum atomic E-state index is 12.2. The van der Waals surface area contributed by atoms with E-state index in [0.29, 0.717) is 6.54 Å². The van der Waals surface area contributed by atoms with Gasteiger partial charge in [0.2, 0.25) is 0 Å². The van der Waals surface area contributed by atoms with E-state index in [9.17, 15) is 4.79 Å². The number of carbonyl (C=O) groups excluding carboxylic acids is 1. The summed E-state index contributed by atoms with van der Waals surface area (Å²) >= 11 is 1.49. The van der Waals surface area contributed by atoms with Gasteiger partial charge in [-0.3, -0.25) is 9.78 Å². The molecular formula is C18H16N2OS. The lowest BCUT2D eigenvalue weighted by Gasteiger charge is -2.04. The van der Waals surface area contributed by atoms with Gasteiger partial charge in [0.05, 0.1) is 4.88 Å². The monoisotopic (exact) mass is 308 g/mol. The predicted octanol–water partition coefficient (Wildman–Crippen LogP) is 4.05. The normalized spacial score (nSPS) is 10.4. The molecule has 1 N–H and O–H groups in total. The number of aryl methyl sites for hydroxylation is 1. The van der Waals surface area contributed by atoms with E-state index in [1.54, 1.807) is 12.4 Å². The van der Waals surface area contributed by atoms with Crippen molar-refractivity contribution in [2.24, 2.45) is 0 Å². The molecule has 0 radical (unpaired) electrons. The molecule has 3 nitrogen and oxygen atoms in total. The van der Waals surface area contributed by atoms with Gasteiger partial charge in [-0.25, -0.2) is 0 Å². The summed E-state index contributed by atoms with van der Waals surface area (Å²) in [4.78, 5) is 18.0. The molecule has 0 spiro atoms. The zero-order valence-corrected chi connectivity index (χ0v) is 13.1. The van der Waals surface area contributed by atoms with Crippen LogP contribution in [0.4, 0.5) is 0 Å². The van der Waals surface area contributed by atoms with E-state index in [1.807, 2.05) is 48.5 Å². The molecule has 1 aromatic carbocycles. The van der Waals surface area contributed by atoms with Crippen molar-refractivity contribution in [3.8, 4) is 10.4 Å². The Labute approximate surface area is 133 Å². The molecule has 2 aromatic heterocycles. The average molecular weight is 308 g/mol. The molecule has 0 bridgehead atoms. The van der Waals surface area contributed by atoms with Crippen LogP contribution in [-0.4, -0.2) is 10.9 Å². The Morgan fingerprint density at radius 3 is 2.50 bits per heavy atom. The highest BCUT2D eigenvalue weighted by atomic mass is 32.1. The van der Waals surface area contributed by atoms with Crippen LogP contribution < -0.4 is 5.32 Å². The fourth-order valence-electron chi connectivity index (χ4n) is 2.11. The van der Waals surface area contributed by atoms with Gasteiger partial charge in [-0.1, -0.05) is 29.8 Å². The van der Waals surface area contributed by atoms with Crippen molar-refractivity contribution < 1.29 is 4.79 Å². The van der Waals surface area contributed by atoms with E-state index < -0.39 is 0 Å². The molecule has 2 heterocycles. The minimum absolute atomic E-state index is 0.0362. The van der Waals surface area contributed by atoms with Crippen molar-refractivity contribution in [1.29, 1.82) is 0 Å². The number of carbonyl (C=O) groups is 1. The zero-order valence-electron chi connectivity index (χ0n) is 12.2. The first-order valence-electron chi connectivity index (χ1n) is 7.06. The second-order valence-corrected chi connectivity index (χ2v) is 6.15. The molecule has 4 heteroatoms. The number of hydrogen-bond donors (Lipinski definition) is 1. The lowest BCUT2D eigenvalue weighted by molar-refractivity contribution is 0.0955. The number of benzene rings is 1. The number of pyridine rings is 1. The number of thiophene rings is 1. The fraction of sp³-hybridized carbons (Fsp3) is 0.111. The van der Waals surface area contributed by atoms with Gasteiger partial charge in [0, 0.05) is 23.8 Å². The van der Waals surface area contributed by atoms with Crippen molar-refractivity contribution >= 4 is 17.2 Å². The topological polar surface area (TPSA) is 42.0 Å². The van der Waals surface area contributed by atoms with Crippen LogP contribution >= 0.6 is 11.3 Å². The molecule has 0 fully saturated rings. The number of nitrogens with zero attached hydrogens (tertiary/aromatic N) is 1. The summed E-state index contributed by atoms with van der Waals surface area (Å²) in [6.07, 6.45) is 3.51. The molecule has 0 saturated carbocycles. The third kappa shape index (κ3) is 3.40. The molecule has 0 atom stereocenters. The van der Waals surface area contributed by atoms with E-state index in [-0.39, 0.29) is 5.91 Å². The Balaban J connectivity index is 1.66. The highest BCUT2D eigenvalue weighted by Gasteiger charge is 2.10. The summed E-state index contributed by atoms with van der Waals surface area (Å²) < 4.78 is 0. The molecule has 1 amide bonds. The SMILES string of the molecule is Cc1ccc(CNC(=O)c2ccc(-c3ccncc3)s2)cc1. The average Bonchev–Trinajstić information content (AvgIpc) is 3.05. The number of nitrogens with one attached hydrogen (secondary N) is 1. The van der Waals surface area contributed by atoms with E-state index in [4.69, 9.17) is 0 Å². The third-order valence-corrected chi connectivity index (χ3v) is 4.50. The van der Waals surface area contributed by atoms with Gasteiger partial charge in [-0.2, -0.15) is 0 Å². The minimum atomic E-state index is -0.0362. The third-order valence-electron chi connectivity index (χ3n) is 3.37. The summed E-state index contributed by atoms with van der Waals surface area (Å²) in [5, 5.41) is 2.96. The molecule has 0 aliphatic rings. The Bertz CT molecular complexity index is 763. The first-order valence-corrected chi connectivity index (χ1v) is 7.88. The second-order valence-electron chi connectivity index (χ2n) is 5.07. The van der Waals surface area contributed by atoms with E-state index in [2.05, 4.69) is 17.2 Å². The van der Waals surface area contributed by atoms with Gasteiger partial charge in [0.1, 0.15) is 0 Å². The lowest BCUT2D eigenvalue weighted by atomic mass is 10.1. The molecule has 22 heavy (non-hydrogen) atoms. The maximum Gasteiger partial charge on any atom is 0.261 e. The van der Waals surface area contributed by atoms with Gasteiger partial charge >= 0.3 is 0 Å². The number of aromatic nitrogens is 1. The number of amides is 1. The maximum absolute atomic E-state index is 12.2. The fourth-order valence-corrected chi connectivity index (χ4v) is 3.03. The van der Waals surface area contributed by atoms with Crippen molar-refractivity contribution in [2.75, 3.05) is 0 Å². The molecule has 0 aliphatic carbocycles.